The topological polar surface area (TPSA) is 6.48 Å². The highest BCUT2D eigenvalue weighted by Gasteiger charge is 2.70. The van der Waals surface area contributed by atoms with E-state index in [-0.39, 0.29) is 11.1 Å². The van der Waals surface area contributed by atoms with Crippen molar-refractivity contribution in [2.45, 2.75) is 152 Å². The minimum Gasteiger partial charge on any atom is -0.367 e. The van der Waals surface area contributed by atoms with E-state index in [1.807, 2.05) is 11.2 Å². The van der Waals surface area contributed by atoms with Crippen molar-refractivity contribution in [1.29, 1.82) is 0 Å². The third-order valence-corrected chi connectivity index (χ3v) is 14.9. The lowest BCUT2D eigenvalue weighted by molar-refractivity contribution is 0.0326. The molecule has 40 heavy (non-hydrogen) atoms. The molecule has 0 radical (unpaired) electrons. The van der Waals surface area contributed by atoms with Gasteiger partial charge in [0, 0.05) is 51.3 Å². The van der Waals surface area contributed by atoms with Crippen LogP contribution in [0.2, 0.25) is 5.82 Å². The first kappa shape index (κ1) is 24.9. The van der Waals surface area contributed by atoms with Crippen LogP contribution in [0.4, 0.5) is 5.69 Å². The summed E-state index contributed by atoms with van der Waals surface area (Å²) < 4.78 is 0. The van der Waals surface area contributed by atoms with E-state index in [0.717, 1.165) is 17.7 Å². The van der Waals surface area contributed by atoms with Crippen molar-refractivity contribution < 1.29 is 0 Å². The number of nitrogens with zero attached hydrogens (tertiary/aromatic N) is 2. The molecular weight excluding hydrogens is 483 g/mol. The maximum absolute atomic E-state index is 3.15. The standard InChI is InChI=1S/C37H51BN2/c1-24-22-29-31-30(23-24)40-33-26(37(35(40,4)5)20-10-7-11-21-37)15-13-17-28(33)38(31)27-16-12-14-25-32(27)39(29)34(2,3)36(25)18-8-6-9-19-36/h12-16,24,26,28-29,33H,6-11,17-23H2,1-5H3. The highest BCUT2D eigenvalue weighted by Crippen LogP contribution is 2.69. The lowest BCUT2D eigenvalue weighted by Crippen LogP contribution is -2.68. The Morgan fingerprint density at radius 3 is 2.33 bits per heavy atom. The molecule has 5 unspecified atom stereocenters. The molecule has 212 valence electrons. The Bertz CT molecular complexity index is 1320. The van der Waals surface area contributed by atoms with Gasteiger partial charge in [0.15, 0.2) is 0 Å². The van der Waals surface area contributed by atoms with Gasteiger partial charge in [-0.15, -0.1) is 0 Å². The van der Waals surface area contributed by atoms with Gasteiger partial charge in [0.05, 0.1) is 0 Å². The van der Waals surface area contributed by atoms with Gasteiger partial charge >= 0.3 is 0 Å². The molecule has 2 saturated carbocycles. The third kappa shape index (κ3) is 2.60. The molecule has 0 amide bonds. The second-order valence-corrected chi connectivity index (χ2v) is 16.7. The van der Waals surface area contributed by atoms with Crippen LogP contribution in [0.25, 0.3) is 0 Å². The van der Waals surface area contributed by atoms with E-state index in [2.05, 4.69) is 74.8 Å². The average Bonchev–Trinajstić information content (AvgIpc) is 3.26. The number of allylic oxidation sites excluding steroid dienone is 2. The molecule has 1 saturated heterocycles. The van der Waals surface area contributed by atoms with Gasteiger partial charge in [-0.1, -0.05) is 86.7 Å². The lowest BCUT2D eigenvalue weighted by atomic mass is 9.26. The molecule has 0 aromatic heterocycles. The van der Waals surface area contributed by atoms with Gasteiger partial charge in [0.25, 0.3) is 0 Å². The van der Waals surface area contributed by atoms with E-state index in [1.54, 1.807) is 16.7 Å². The van der Waals surface area contributed by atoms with Crippen molar-refractivity contribution in [3.05, 3.63) is 47.1 Å². The van der Waals surface area contributed by atoms with Crippen molar-refractivity contribution in [3.63, 3.8) is 0 Å². The number of hydrogen-bond donors (Lipinski definition) is 0. The minimum atomic E-state index is 0.174. The molecule has 5 atom stereocenters. The molecular formula is C37H51BN2. The average molecular weight is 535 g/mol. The molecule has 8 aliphatic rings. The van der Waals surface area contributed by atoms with Gasteiger partial charge in [-0.2, -0.15) is 0 Å². The molecule has 1 aromatic carbocycles. The minimum absolute atomic E-state index is 0.174. The summed E-state index contributed by atoms with van der Waals surface area (Å²) in [7, 11) is 0. The normalized spacial score (nSPS) is 38.5. The Kier molecular flexibility index (Phi) is 4.89. The van der Waals surface area contributed by atoms with Gasteiger partial charge in [-0.3, -0.25) is 0 Å². The van der Waals surface area contributed by atoms with Crippen LogP contribution in [-0.4, -0.2) is 34.8 Å². The van der Waals surface area contributed by atoms with E-state index >= 15 is 0 Å². The number of para-hydroxylation sites is 1. The summed E-state index contributed by atoms with van der Waals surface area (Å²) in [5, 5.41) is 0. The third-order valence-electron chi connectivity index (χ3n) is 14.9. The Labute approximate surface area is 244 Å². The van der Waals surface area contributed by atoms with Crippen LogP contribution in [-0.2, 0) is 5.41 Å². The number of hydrogen-bond acceptors (Lipinski definition) is 2. The van der Waals surface area contributed by atoms with Crippen LogP contribution in [0.15, 0.2) is 41.5 Å². The van der Waals surface area contributed by atoms with Crippen molar-refractivity contribution in [3.8, 4) is 0 Å². The second-order valence-electron chi connectivity index (χ2n) is 16.7. The molecule has 4 aliphatic heterocycles. The largest absolute Gasteiger partial charge is 0.367 e. The van der Waals surface area contributed by atoms with Crippen LogP contribution in [0.1, 0.15) is 124 Å². The number of anilines is 1. The Morgan fingerprint density at radius 2 is 1.57 bits per heavy atom. The second kappa shape index (κ2) is 7.84. The first-order chi connectivity index (χ1) is 19.2. The van der Waals surface area contributed by atoms with Crippen LogP contribution in [0.5, 0.6) is 0 Å². The molecule has 1 aromatic rings. The molecule has 0 N–H and O–H groups in total. The van der Waals surface area contributed by atoms with E-state index in [4.69, 9.17) is 0 Å². The molecule has 2 spiro atoms. The predicted molar refractivity (Wildman–Crippen MR) is 169 cm³/mol. The number of rotatable bonds is 0. The van der Waals surface area contributed by atoms with Crippen LogP contribution >= 0.6 is 0 Å². The summed E-state index contributed by atoms with van der Waals surface area (Å²) in [6, 6.07) is 8.94. The van der Waals surface area contributed by atoms with Gasteiger partial charge in [-0.05, 0) is 89.9 Å². The van der Waals surface area contributed by atoms with Gasteiger partial charge in [-0.25, -0.2) is 0 Å². The molecule has 4 aliphatic carbocycles. The summed E-state index contributed by atoms with van der Waals surface area (Å²) >= 11 is 0. The van der Waals surface area contributed by atoms with Crippen molar-refractivity contribution in [2.24, 2.45) is 17.3 Å². The zero-order valence-electron chi connectivity index (χ0n) is 25.9. The number of fused-ring (bicyclic) bond motifs is 6. The Hall–Kier alpha value is -1.64. The van der Waals surface area contributed by atoms with Crippen molar-refractivity contribution >= 4 is 17.9 Å². The highest BCUT2D eigenvalue weighted by atomic mass is 15.3. The summed E-state index contributed by atoms with van der Waals surface area (Å²) in [4.78, 5) is 6.22. The van der Waals surface area contributed by atoms with E-state index in [0.29, 0.717) is 29.6 Å². The molecule has 2 nitrogen and oxygen atoms in total. The maximum atomic E-state index is 3.15. The van der Waals surface area contributed by atoms with Gasteiger partial charge in [0.1, 0.15) is 0 Å². The van der Waals surface area contributed by atoms with E-state index in [1.165, 1.54) is 83.5 Å². The summed E-state index contributed by atoms with van der Waals surface area (Å²) in [5.74, 6) is 2.21. The fourth-order valence-electron chi connectivity index (χ4n) is 13.4. The van der Waals surface area contributed by atoms with Crippen LogP contribution < -0.4 is 10.4 Å². The Morgan fingerprint density at radius 1 is 0.850 bits per heavy atom. The predicted octanol–water partition coefficient (Wildman–Crippen LogP) is 8.17. The summed E-state index contributed by atoms with van der Waals surface area (Å²) in [6.07, 6.45) is 23.5. The summed E-state index contributed by atoms with van der Waals surface area (Å²) in [6.45, 7) is 13.9. The molecule has 0 bridgehead atoms. The SMILES string of the molecule is CC1CC2=C3B(c4cccc5c4N(C3C1)C(C)(C)C51CCCCC1)C1CC=CC3C1N2C(C)(C)C31CCCCC1. The first-order valence-corrected chi connectivity index (χ1v) is 17.4. The van der Waals surface area contributed by atoms with Crippen molar-refractivity contribution in [2.75, 3.05) is 4.90 Å². The zero-order chi connectivity index (χ0) is 27.2. The highest BCUT2D eigenvalue weighted by molar-refractivity contribution is 6.83. The van der Waals surface area contributed by atoms with Crippen LogP contribution in [0, 0.1) is 17.3 Å². The lowest BCUT2D eigenvalue weighted by Gasteiger charge is -2.60. The van der Waals surface area contributed by atoms with E-state index in [9.17, 15) is 0 Å². The van der Waals surface area contributed by atoms with Gasteiger partial charge < -0.3 is 9.80 Å². The summed E-state index contributed by atoms with van der Waals surface area (Å²) in [5.41, 5.74) is 10.1. The smallest absolute Gasteiger partial charge is 0.217 e. The van der Waals surface area contributed by atoms with E-state index < -0.39 is 0 Å². The Balaban J connectivity index is 1.31. The molecule has 3 heteroatoms. The molecule has 4 heterocycles. The monoisotopic (exact) mass is 534 g/mol. The quantitative estimate of drug-likeness (QED) is 0.245. The zero-order valence-corrected chi connectivity index (χ0v) is 25.9. The fourth-order valence-corrected chi connectivity index (χ4v) is 13.4. The number of benzene rings is 1. The molecule has 9 rings (SSSR count). The first-order valence-electron chi connectivity index (χ1n) is 17.4. The van der Waals surface area contributed by atoms with Gasteiger partial charge in [0.2, 0.25) is 6.71 Å². The van der Waals surface area contributed by atoms with Crippen molar-refractivity contribution in [1.82, 2.24) is 4.90 Å². The van der Waals surface area contributed by atoms with Crippen LogP contribution in [0.3, 0.4) is 0 Å². The maximum Gasteiger partial charge on any atom is 0.217 e. The fraction of sp³-hybridized carbons (Fsp3) is 0.730. The molecule has 3 fully saturated rings.